The molecule has 0 saturated carbocycles. The molecular formula is C19H24N6OS. The number of rotatable bonds is 4. The number of para-hydroxylation sites is 2. The van der Waals surface area contributed by atoms with Gasteiger partial charge in [0.25, 0.3) is 0 Å². The molecule has 0 spiro atoms. The molecule has 1 aliphatic heterocycles. The van der Waals surface area contributed by atoms with Gasteiger partial charge < -0.3 is 19.9 Å². The lowest BCUT2D eigenvalue weighted by Gasteiger charge is -2.38. The van der Waals surface area contributed by atoms with Crippen molar-refractivity contribution in [2.24, 2.45) is 4.99 Å². The van der Waals surface area contributed by atoms with Gasteiger partial charge in [0.15, 0.2) is 10.9 Å². The molecule has 3 heterocycles. The van der Waals surface area contributed by atoms with Gasteiger partial charge in [0.1, 0.15) is 5.75 Å². The van der Waals surface area contributed by atoms with E-state index in [0.29, 0.717) is 6.54 Å². The maximum atomic E-state index is 5.50. The van der Waals surface area contributed by atoms with E-state index in [9.17, 15) is 0 Å². The third-order valence-electron chi connectivity index (χ3n) is 4.79. The monoisotopic (exact) mass is 384 g/mol. The molecule has 0 unspecified atom stereocenters. The Balaban J connectivity index is 1.35. The first-order valence-electron chi connectivity index (χ1n) is 9.03. The van der Waals surface area contributed by atoms with Gasteiger partial charge in [0, 0.05) is 51.0 Å². The Bertz CT molecular complexity index is 897. The van der Waals surface area contributed by atoms with E-state index in [0.717, 1.165) is 54.2 Å². The van der Waals surface area contributed by atoms with Gasteiger partial charge in [0.2, 0.25) is 0 Å². The predicted octanol–water partition coefficient (Wildman–Crippen LogP) is 2.30. The van der Waals surface area contributed by atoms with Crippen molar-refractivity contribution >= 4 is 27.9 Å². The molecule has 142 valence electrons. The van der Waals surface area contributed by atoms with E-state index in [4.69, 9.17) is 4.74 Å². The molecule has 0 bridgehead atoms. The smallest absolute Gasteiger partial charge is 0.194 e. The number of aromatic nitrogens is 2. The van der Waals surface area contributed by atoms with Crippen molar-refractivity contribution in [1.82, 2.24) is 19.6 Å². The highest BCUT2D eigenvalue weighted by atomic mass is 32.1. The van der Waals surface area contributed by atoms with Crippen molar-refractivity contribution < 1.29 is 4.74 Å². The van der Waals surface area contributed by atoms with Crippen LogP contribution in [0.15, 0.2) is 47.0 Å². The Labute approximate surface area is 162 Å². The Morgan fingerprint density at radius 1 is 1.26 bits per heavy atom. The fourth-order valence-corrected chi connectivity index (χ4v) is 4.13. The SMILES string of the molecule is CN=C(NCc1cn2ccsc2n1)N1CCN(c2ccccc2OC)CC1. The van der Waals surface area contributed by atoms with Crippen LogP contribution in [0.1, 0.15) is 5.69 Å². The van der Waals surface area contributed by atoms with Crippen molar-refractivity contribution in [2.75, 3.05) is 45.2 Å². The summed E-state index contributed by atoms with van der Waals surface area (Å²) in [5.74, 6) is 1.85. The maximum Gasteiger partial charge on any atom is 0.194 e. The summed E-state index contributed by atoms with van der Waals surface area (Å²) in [7, 11) is 3.56. The van der Waals surface area contributed by atoms with Crippen molar-refractivity contribution in [2.45, 2.75) is 6.54 Å². The van der Waals surface area contributed by atoms with Gasteiger partial charge in [-0.1, -0.05) is 12.1 Å². The number of nitrogens with zero attached hydrogens (tertiary/aromatic N) is 5. The molecule has 7 nitrogen and oxygen atoms in total. The average molecular weight is 385 g/mol. The number of methoxy groups -OCH3 is 1. The summed E-state index contributed by atoms with van der Waals surface area (Å²) < 4.78 is 7.55. The number of fused-ring (bicyclic) bond motifs is 1. The van der Waals surface area contributed by atoms with Gasteiger partial charge in [-0.05, 0) is 12.1 Å². The Morgan fingerprint density at radius 2 is 2.07 bits per heavy atom. The maximum absolute atomic E-state index is 5.50. The first-order chi connectivity index (χ1) is 13.3. The normalized spacial score (nSPS) is 15.4. The Kier molecular flexibility index (Phi) is 5.15. The minimum Gasteiger partial charge on any atom is -0.495 e. The number of hydrogen-bond acceptors (Lipinski definition) is 5. The quantitative estimate of drug-likeness (QED) is 0.553. The van der Waals surface area contributed by atoms with Crippen molar-refractivity contribution in [3.8, 4) is 5.75 Å². The average Bonchev–Trinajstić information content (AvgIpc) is 3.31. The zero-order valence-corrected chi connectivity index (χ0v) is 16.4. The van der Waals surface area contributed by atoms with Crippen LogP contribution in [0.5, 0.6) is 5.75 Å². The van der Waals surface area contributed by atoms with Crippen molar-refractivity contribution in [3.63, 3.8) is 0 Å². The second kappa shape index (κ2) is 7.87. The lowest BCUT2D eigenvalue weighted by Crippen LogP contribution is -2.52. The first-order valence-corrected chi connectivity index (χ1v) is 9.91. The van der Waals surface area contributed by atoms with Crippen LogP contribution in [0.25, 0.3) is 4.96 Å². The van der Waals surface area contributed by atoms with E-state index < -0.39 is 0 Å². The van der Waals surface area contributed by atoms with Crippen LogP contribution in [0, 0.1) is 0 Å². The highest BCUT2D eigenvalue weighted by molar-refractivity contribution is 7.15. The van der Waals surface area contributed by atoms with Crippen LogP contribution < -0.4 is 15.0 Å². The Morgan fingerprint density at radius 3 is 2.81 bits per heavy atom. The molecule has 0 atom stereocenters. The molecule has 2 aromatic heterocycles. The molecule has 1 saturated heterocycles. The lowest BCUT2D eigenvalue weighted by molar-refractivity contribution is 0.367. The van der Waals surface area contributed by atoms with E-state index in [1.807, 2.05) is 30.8 Å². The minimum absolute atomic E-state index is 0.674. The second-order valence-electron chi connectivity index (χ2n) is 6.37. The van der Waals surface area contributed by atoms with Crippen LogP contribution in [0.2, 0.25) is 0 Å². The van der Waals surface area contributed by atoms with Crippen LogP contribution >= 0.6 is 11.3 Å². The molecule has 4 rings (SSSR count). The number of guanidine groups is 1. The van der Waals surface area contributed by atoms with Crippen molar-refractivity contribution in [3.05, 3.63) is 47.7 Å². The number of thiazole rings is 1. The first kappa shape index (κ1) is 17.7. The van der Waals surface area contributed by atoms with E-state index in [1.54, 1.807) is 18.4 Å². The minimum atomic E-state index is 0.674. The van der Waals surface area contributed by atoms with Crippen LogP contribution in [-0.4, -0.2) is 60.6 Å². The number of imidazole rings is 1. The summed E-state index contributed by atoms with van der Waals surface area (Å²) in [6, 6.07) is 8.19. The number of nitrogens with one attached hydrogen (secondary N) is 1. The largest absolute Gasteiger partial charge is 0.495 e. The highest BCUT2D eigenvalue weighted by Gasteiger charge is 2.21. The molecule has 0 radical (unpaired) electrons. The third kappa shape index (κ3) is 3.71. The van der Waals surface area contributed by atoms with Crippen molar-refractivity contribution in [1.29, 1.82) is 0 Å². The fourth-order valence-electron chi connectivity index (χ4n) is 3.41. The number of ether oxygens (including phenoxy) is 1. The molecule has 1 N–H and O–H groups in total. The van der Waals surface area contributed by atoms with Gasteiger partial charge >= 0.3 is 0 Å². The van der Waals surface area contributed by atoms with E-state index >= 15 is 0 Å². The third-order valence-corrected chi connectivity index (χ3v) is 5.56. The van der Waals surface area contributed by atoms with Crippen LogP contribution in [-0.2, 0) is 6.54 Å². The van der Waals surface area contributed by atoms with Gasteiger partial charge in [-0.25, -0.2) is 4.98 Å². The number of hydrogen-bond donors (Lipinski definition) is 1. The molecule has 3 aromatic rings. The second-order valence-corrected chi connectivity index (χ2v) is 7.24. The molecule has 1 aliphatic rings. The summed E-state index contributed by atoms with van der Waals surface area (Å²) >= 11 is 1.64. The zero-order chi connectivity index (χ0) is 18.6. The number of benzene rings is 1. The van der Waals surface area contributed by atoms with E-state index in [1.165, 1.54) is 0 Å². The molecule has 27 heavy (non-hydrogen) atoms. The van der Waals surface area contributed by atoms with Crippen LogP contribution in [0.3, 0.4) is 0 Å². The summed E-state index contributed by atoms with van der Waals surface area (Å²) in [5.41, 5.74) is 2.18. The summed E-state index contributed by atoms with van der Waals surface area (Å²) in [6.07, 6.45) is 4.09. The van der Waals surface area contributed by atoms with Gasteiger partial charge in [-0.2, -0.15) is 0 Å². The molecule has 8 heteroatoms. The van der Waals surface area contributed by atoms with Gasteiger partial charge in [-0.3, -0.25) is 9.39 Å². The fraction of sp³-hybridized carbons (Fsp3) is 0.368. The summed E-state index contributed by atoms with van der Waals surface area (Å²) in [5, 5.41) is 5.49. The molecule has 1 fully saturated rings. The lowest BCUT2D eigenvalue weighted by atomic mass is 10.2. The van der Waals surface area contributed by atoms with Gasteiger partial charge in [0.05, 0.1) is 25.0 Å². The van der Waals surface area contributed by atoms with E-state index in [2.05, 4.69) is 47.8 Å². The number of aliphatic imine (C=N–C) groups is 1. The van der Waals surface area contributed by atoms with Gasteiger partial charge in [-0.15, -0.1) is 11.3 Å². The predicted molar refractivity (Wildman–Crippen MR) is 110 cm³/mol. The molecule has 0 amide bonds. The summed E-state index contributed by atoms with van der Waals surface area (Å²) in [6.45, 7) is 4.36. The number of anilines is 1. The number of piperazine rings is 1. The van der Waals surface area contributed by atoms with E-state index in [-0.39, 0.29) is 0 Å². The molecule has 0 aliphatic carbocycles. The topological polar surface area (TPSA) is 57.4 Å². The van der Waals surface area contributed by atoms with Crippen LogP contribution in [0.4, 0.5) is 5.69 Å². The summed E-state index contributed by atoms with van der Waals surface area (Å²) in [4.78, 5) is 14.8. The molecule has 1 aromatic carbocycles. The zero-order valence-electron chi connectivity index (χ0n) is 15.6. The highest BCUT2D eigenvalue weighted by Crippen LogP contribution is 2.28. The Hall–Kier alpha value is -2.74. The standard InChI is InChI=1S/C19H24N6OS/c1-20-18(21-13-15-14-25-11-12-27-19(25)22-15)24-9-7-23(8-10-24)16-5-3-4-6-17(16)26-2/h3-6,11-12,14H,7-10,13H2,1-2H3,(H,20,21). The molecular weight excluding hydrogens is 360 g/mol.